The summed E-state index contributed by atoms with van der Waals surface area (Å²) in [5, 5.41) is 15.6. The van der Waals surface area contributed by atoms with Crippen LogP contribution in [0.3, 0.4) is 0 Å². The second kappa shape index (κ2) is 10.4. The molecule has 3 heterocycles. The Balaban J connectivity index is 1.44. The third-order valence-corrected chi connectivity index (χ3v) is 9.41. The van der Waals surface area contributed by atoms with Crippen molar-refractivity contribution < 1.29 is 24.2 Å². The molecule has 3 aliphatic heterocycles. The highest BCUT2D eigenvalue weighted by atomic mass is 16.5. The number of unbranched alkanes of at least 4 members (excludes halogenated alkanes) is 1. The van der Waals surface area contributed by atoms with Crippen LogP contribution >= 0.6 is 0 Å². The van der Waals surface area contributed by atoms with Crippen LogP contribution in [0.1, 0.15) is 70.8 Å². The topological polar surface area (TPSA) is 108 Å². The van der Waals surface area contributed by atoms with E-state index in [4.69, 9.17) is 4.74 Å². The van der Waals surface area contributed by atoms with Crippen LogP contribution in [0.5, 0.6) is 0 Å². The van der Waals surface area contributed by atoms with Crippen LogP contribution in [0, 0.1) is 17.8 Å². The van der Waals surface area contributed by atoms with Crippen molar-refractivity contribution in [2.24, 2.45) is 17.8 Å². The highest BCUT2D eigenvalue weighted by Gasteiger charge is 2.79. The Bertz CT molecular complexity index is 1010. The molecule has 6 atom stereocenters. The van der Waals surface area contributed by atoms with Gasteiger partial charge in [-0.2, -0.15) is 0 Å². The molecule has 3 saturated heterocycles. The minimum atomic E-state index is -1.02. The van der Waals surface area contributed by atoms with Gasteiger partial charge in [0.1, 0.15) is 11.6 Å². The average Bonchev–Trinajstić information content (AvgIpc) is 3.40. The Labute approximate surface area is 219 Å². The number of likely N-dealkylation sites (tertiary alicyclic amines) is 1. The fourth-order valence-electron chi connectivity index (χ4n) is 7.50. The second-order valence-electron chi connectivity index (χ2n) is 11.7. The van der Waals surface area contributed by atoms with Gasteiger partial charge >= 0.3 is 0 Å². The summed E-state index contributed by atoms with van der Waals surface area (Å²) in [5.74, 6) is -1.86. The minimum absolute atomic E-state index is 0.0198. The van der Waals surface area contributed by atoms with Crippen molar-refractivity contribution in [3.63, 3.8) is 0 Å². The fourth-order valence-corrected chi connectivity index (χ4v) is 7.50. The highest BCUT2D eigenvalue weighted by molar-refractivity contribution is 5.99. The number of carbonyl (C=O) groups is 3. The van der Waals surface area contributed by atoms with Crippen molar-refractivity contribution in [2.45, 2.75) is 95.0 Å². The van der Waals surface area contributed by atoms with Gasteiger partial charge in [0.15, 0.2) is 0 Å². The minimum Gasteiger partial charge on any atom is -0.396 e. The summed E-state index contributed by atoms with van der Waals surface area (Å²) in [6.07, 6.45) is 6.99. The van der Waals surface area contributed by atoms with E-state index in [9.17, 15) is 19.5 Å². The van der Waals surface area contributed by atoms with Gasteiger partial charge in [-0.25, -0.2) is 0 Å². The number of rotatable bonds is 9. The van der Waals surface area contributed by atoms with Crippen LogP contribution in [-0.2, 0) is 25.7 Å². The first kappa shape index (κ1) is 26.2. The maximum Gasteiger partial charge on any atom is 0.246 e. The highest BCUT2D eigenvalue weighted by Crippen LogP contribution is 2.65. The molecule has 37 heavy (non-hydrogen) atoms. The monoisotopic (exact) mass is 511 g/mol. The Kier molecular flexibility index (Phi) is 7.33. The lowest BCUT2D eigenvalue weighted by molar-refractivity contribution is -0.148. The van der Waals surface area contributed by atoms with Gasteiger partial charge in [0.05, 0.1) is 17.4 Å². The van der Waals surface area contributed by atoms with Gasteiger partial charge in [-0.1, -0.05) is 56.5 Å². The summed E-state index contributed by atoms with van der Waals surface area (Å²) in [7, 11) is 0. The lowest BCUT2D eigenvalue weighted by atomic mass is 9.62. The SMILES string of the molecule is CC1CC23O[C@]1(C)[C@@H](C(=O)NCc1ccccc1)[C@H]2C(=O)N(CCCCO)C3C(=O)NC1CCCCC1. The zero-order chi connectivity index (χ0) is 26.2. The first-order valence-electron chi connectivity index (χ1n) is 14.1. The van der Waals surface area contributed by atoms with E-state index in [1.165, 1.54) is 6.42 Å². The van der Waals surface area contributed by atoms with Crippen LogP contribution in [-0.4, -0.2) is 64.2 Å². The zero-order valence-electron chi connectivity index (χ0n) is 22.1. The van der Waals surface area contributed by atoms with Crippen LogP contribution < -0.4 is 10.6 Å². The third kappa shape index (κ3) is 4.46. The summed E-state index contributed by atoms with van der Waals surface area (Å²) in [6, 6.07) is 9.06. The molecule has 1 aliphatic carbocycles. The molecule has 0 aromatic heterocycles. The van der Waals surface area contributed by atoms with Crippen LogP contribution in [0.4, 0.5) is 0 Å². The largest absolute Gasteiger partial charge is 0.396 e. The van der Waals surface area contributed by atoms with Crippen molar-refractivity contribution in [3.05, 3.63) is 35.9 Å². The summed E-state index contributed by atoms with van der Waals surface area (Å²) in [4.78, 5) is 43.3. The number of benzene rings is 1. The number of aliphatic hydroxyl groups excluding tert-OH is 1. The molecule has 5 rings (SSSR count). The lowest BCUT2D eigenvalue weighted by Gasteiger charge is -2.36. The summed E-state index contributed by atoms with van der Waals surface area (Å²) < 4.78 is 6.77. The normalized spacial score (nSPS) is 35.0. The van der Waals surface area contributed by atoms with E-state index in [1.807, 2.05) is 37.3 Å². The van der Waals surface area contributed by atoms with E-state index in [0.29, 0.717) is 32.4 Å². The van der Waals surface area contributed by atoms with Crippen molar-refractivity contribution in [1.82, 2.24) is 15.5 Å². The lowest BCUT2D eigenvalue weighted by Crippen LogP contribution is -2.57. The van der Waals surface area contributed by atoms with Crippen LogP contribution in [0.2, 0.25) is 0 Å². The molecule has 4 fully saturated rings. The predicted molar refractivity (Wildman–Crippen MR) is 138 cm³/mol. The van der Waals surface area contributed by atoms with Crippen LogP contribution in [0.25, 0.3) is 0 Å². The molecule has 3 unspecified atom stereocenters. The average molecular weight is 512 g/mol. The summed E-state index contributed by atoms with van der Waals surface area (Å²) >= 11 is 0. The van der Waals surface area contributed by atoms with Gasteiger partial charge in [0.25, 0.3) is 0 Å². The number of hydrogen-bond acceptors (Lipinski definition) is 5. The van der Waals surface area contributed by atoms with E-state index in [0.717, 1.165) is 31.2 Å². The maximum absolute atomic E-state index is 14.0. The molecule has 3 amide bonds. The fraction of sp³-hybridized carbons (Fsp3) is 0.690. The molecule has 1 saturated carbocycles. The third-order valence-electron chi connectivity index (χ3n) is 9.41. The molecule has 1 aromatic carbocycles. The van der Waals surface area contributed by atoms with Crippen molar-refractivity contribution in [3.8, 4) is 0 Å². The zero-order valence-corrected chi connectivity index (χ0v) is 22.1. The van der Waals surface area contributed by atoms with E-state index in [2.05, 4.69) is 17.6 Å². The van der Waals surface area contributed by atoms with Gasteiger partial charge in [0, 0.05) is 25.7 Å². The summed E-state index contributed by atoms with van der Waals surface area (Å²) in [5.41, 5.74) is -0.847. The van der Waals surface area contributed by atoms with E-state index in [-0.39, 0.29) is 36.3 Å². The molecule has 8 nitrogen and oxygen atoms in total. The molecule has 4 aliphatic rings. The maximum atomic E-state index is 14.0. The van der Waals surface area contributed by atoms with Crippen molar-refractivity contribution in [2.75, 3.05) is 13.2 Å². The van der Waals surface area contributed by atoms with E-state index < -0.39 is 29.1 Å². The Morgan fingerprint density at radius 2 is 1.84 bits per heavy atom. The molecule has 202 valence electrons. The number of amides is 3. The summed E-state index contributed by atoms with van der Waals surface area (Å²) in [6.45, 7) is 4.79. The quantitative estimate of drug-likeness (QED) is 0.442. The van der Waals surface area contributed by atoms with Crippen molar-refractivity contribution >= 4 is 17.7 Å². The molecule has 3 N–H and O–H groups in total. The molecular formula is C29H41N3O5. The van der Waals surface area contributed by atoms with Gasteiger partial charge in [-0.15, -0.1) is 0 Å². The first-order valence-corrected chi connectivity index (χ1v) is 14.1. The Hall–Kier alpha value is -2.45. The number of carbonyl (C=O) groups excluding carboxylic acids is 3. The molecule has 8 heteroatoms. The number of aliphatic hydroxyl groups is 1. The number of hydrogen-bond donors (Lipinski definition) is 3. The van der Waals surface area contributed by atoms with E-state index in [1.54, 1.807) is 4.90 Å². The number of nitrogens with zero attached hydrogens (tertiary/aromatic N) is 1. The number of ether oxygens (including phenoxy) is 1. The van der Waals surface area contributed by atoms with Gasteiger partial charge in [0.2, 0.25) is 17.7 Å². The second-order valence-corrected chi connectivity index (χ2v) is 11.7. The predicted octanol–water partition coefficient (Wildman–Crippen LogP) is 2.53. The first-order chi connectivity index (χ1) is 17.8. The van der Waals surface area contributed by atoms with Crippen molar-refractivity contribution in [1.29, 1.82) is 0 Å². The molecule has 0 radical (unpaired) electrons. The molecule has 1 spiro atoms. The smallest absolute Gasteiger partial charge is 0.246 e. The number of nitrogens with one attached hydrogen (secondary N) is 2. The standard InChI is InChI=1S/C29H41N3O5/c1-19-17-29-23(22(28(19,2)37-29)25(34)30-18-20-11-5-3-6-12-20)27(36)32(15-9-10-16-33)24(29)26(35)31-21-13-7-4-8-14-21/h3,5-6,11-12,19,21-24,33H,4,7-10,13-18H2,1-2H3,(H,30,34)(H,31,35)/t19?,22-,23+,24?,28+,29?/m1/s1. The molecule has 2 bridgehead atoms. The van der Waals surface area contributed by atoms with Gasteiger partial charge in [-0.05, 0) is 50.5 Å². The van der Waals surface area contributed by atoms with E-state index >= 15 is 0 Å². The van der Waals surface area contributed by atoms with Gasteiger partial charge in [-0.3, -0.25) is 14.4 Å². The Morgan fingerprint density at radius 1 is 1.11 bits per heavy atom. The molecular weight excluding hydrogens is 470 g/mol. The van der Waals surface area contributed by atoms with Crippen LogP contribution in [0.15, 0.2) is 30.3 Å². The molecule has 1 aromatic rings. The number of fused-ring (bicyclic) bond motifs is 1. The van der Waals surface area contributed by atoms with Gasteiger partial charge < -0.3 is 25.4 Å². The Morgan fingerprint density at radius 3 is 2.54 bits per heavy atom.